The average Bonchev–Trinajstić information content (AvgIpc) is 3.14. The summed E-state index contributed by atoms with van der Waals surface area (Å²) in [6, 6.07) is 3.68. The van der Waals surface area contributed by atoms with Gasteiger partial charge in [-0.15, -0.1) is 5.11 Å². The van der Waals surface area contributed by atoms with E-state index in [1.807, 2.05) is 18.1 Å². The molecule has 1 saturated heterocycles. The largest absolute Gasteiger partial charge is 0.507 e. The molecule has 0 aromatic heterocycles. The van der Waals surface area contributed by atoms with Gasteiger partial charge in [-0.3, -0.25) is 0 Å². The van der Waals surface area contributed by atoms with Crippen molar-refractivity contribution in [1.82, 2.24) is 15.1 Å². The van der Waals surface area contributed by atoms with Crippen molar-refractivity contribution in [1.29, 1.82) is 0 Å². The predicted octanol–water partition coefficient (Wildman–Crippen LogP) is 4.22. The lowest BCUT2D eigenvalue weighted by Gasteiger charge is -2.34. The van der Waals surface area contributed by atoms with Gasteiger partial charge in [-0.25, -0.2) is 0 Å². The maximum Gasteiger partial charge on any atom is 0.274 e. The van der Waals surface area contributed by atoms with E-state index in [-0.39, 0.29) is 17.7 Å². The molecule has 1 aliphatic carbocycles. The van der Waals surface area contributed by atoms with Crippen molar-refractivity contribution in [3.63, 3.8) is 0 Å². The van der Waals surface area contributed by atoms with Crippen LogP contribution in [0, 0.1) is 0 Å². The molecule has 0 bridgehead atoms. The summed E-state index contributed by atoms with van der Waals surface area (Å²) >= 11 is 0. The molecule has 0 saturated carbocycles. The van der Waals surface area contributed by atoms with Gasteiger partial charge >= 0.3 is 0 Å². The van der Waals surface area contributed by atoms with Gasteiger partial charge in [0.05, 0.1) is 0 Å². The molecule has 2 atom stereocenters. The molecule has 3 aliphatic rings. The van der Waals surface area contributed by atoms with Crippen molar-refractivity contribution in [2.24, 2.45) is 10.2 Å². The van der Waals surface area contributed by atoms with Gasteiger partial charge < -0.3 is 20.2 Å². The Labute approximate surface area is 169 Å². The number of nitrogens with one attached hydrogen (secondary N) is 1. The second-order valence-electron chi connectivity index (χ2n) is 7.91. The Hall–Kier alpha value is -2.48. The van der Waals surface area contributed by atoms with Gasteiger partial charge in [-0.2, -0.15) is 13.9 Å². The molecule has 0 spiro atoms. The summed E-state index contributed by atoms with van der Waals surface area (Å²) in [5.41, 5.74) is 1.63. The second kappa shape index (κ2) is 8.10. The summed E-state index contributed by atoms with van der Waals surface area (Å²) in [7, 11) is 1.88. The summed E-state index contributed by atoms with van der Waals surface area (Å²) in [5, 5.41) is 22.9. The van der Waals surface area contributed by atoms with Gasteiger partial charge in [-0.1, -0.05) is 19.1 Å². The standard InChI is InChI=1S/C21H27F2N5O/c1-3-28-10-4-5-13(11-28)24-18-12-27(2)21(26-25-18)17-9-6-14-15(19(17)29)7-8-16(14)20(22)23/h6,9,12-13,21,24,29H,3-5,7-8,10-11H2,1-2H3/t13?,21-/m0/s1. The maximum absolute atomic E-state index is 13.1. The summed E-state index contributed by atoms with van der Waals surface area (Å²) in [6.07, 6.45) is 2.66. The fourth-order valence-corrected chi connectivity index (χ4v) is 4.48. The lowest BCUT2D eigenvalue weighted by atomic mass is 10.0. The molecule has 1 aromatic carbocycles. The number of hydrogen-bond acceptors (Lipinski definition) is 6. The fourth-order valence-electron chi connectivity index (χ4n) is 4.48. The third-order valence-electron chi connectivity index (χ3n) is 6.06. The number of fused-ring (bicyclic) bond motifs is 1. The lowest BCUT2D eigenvalue weighted by Crippen LogP contribution is -2.45. The number of aromatic hydroxyl groups is 1. The number of halogens is 2. The van der Waals surface area contributed by atoms with Crippen molar-refractivity contribution in [3.05, 3.63) is 46.9 Å². The first-order valence-corrected chi connectivity index (χ1v) is 10.2. The summed E-state index contributed by atoms with van der Waals surface area (Å²) < 4.78 is 26.2. The van der Waals surface area contributed by atoms with Gasteiger partial charge in [0.2, 0.25) is 0 Å². The molecule has 1 aromatic rings. The molecule has 1 unspecified atom stereocenters. The van der Waals surface area contributed by atoms with E-state index in [1.165, 1.54) is 0 Å². The number of phenolic OH excluding ortho intramolecular Hbond substituents is 1. The van der Waals surface area contributed by atoms with Gasteiger partial charge in [0.1, 0.15) is 5.75 Å². The van der Waals surface area contributed by atoms with E-state index in [4.69, 9.17) is 0 Å². The third-order valence-corrected chi connectivity index (χ3v) is 6.06. The monoisotopic (exact) mass is 403 g/mol. The van der Waals surface area contributed by atoms with Crippen molar-refractivity contribution in [2.45, 2.75) is 44.8 Å². The molecule has 2 aliphatic heterocycles. The van der Waals surface area contributed by atoms with E-state index in [9.17, 15) is 13.9 Å². The fraction of sp³-hybridized carbons (Fsp3) is 0.524. The first kappa shape index (κ1) is 19.8. The molecule has 156 valence electrons. The van der Waals surface area contributed by atoms with Crippen LogP contribution in [0.25, 0.3) is 5.57 Å². The maximum atomic E-state index is 13.1. The Bertz CT molecular complexity index is 878. The molecule has 0 radical (unpaired) electrons. The van der Waals surface area contributed by atoms with E-state index in [1.54, 1.807) is 12.1 Å². The van der Waals surface area contributed by atoms with E-state index in [2.05, 4.69) is 27.4 Å². The first-order valence-electron chi connectivity index (χ1n) is 10.2. The number of azo groups is 1. The van der Waals surface area contributed by atoms with Crippen LogP contribution >= 0.6 is 0 Å². The number of hydrogen-bond donors (Lipinski definition) is 2. The SMILES string of the molecule is CCN1CCCC(NC2=CN(C)[C@@H](c3ccc4c(c3O)CCC4=C(F)F)N=N2)C1. The van der Waals surface area contributed by atoms with Crippen LogP contribution in [0.5, 0.6) is 5.75 Å². The minimum Gasteiger partial charge on any atom is -0.507 e. The number of nitrogens with zero attached hydrogens (tertiary/aromatic N) is 4. The number of phenols is 1. The van der Waals surface area contributed by atoms with Gasteiger partial charge in [0.15, 0.2) is 12.0 Å². The highest BCUT2D eigenvalue weighted by atomic mass is 19.3. The number of piperidine rings is 1. The summed E-state index contributed by atoms with van der Waals surface area (Å²) in [5.74, 6) is 0.752. The molecule has 1 fully saturated rings. The van der Waals surface area contributed by atoms with Crippen molar-refractivity contribution in [2.75, 3.05) is 26.7 Å². The van der Waals surface area contributed by atoms with Gasteiger partial charge in [-0.05, 0) is 44.3 Å². The van der Waals surface area contributed by atoms with Gasteiger partial charge in [0, 0.05) is 42.5 Å². The smallest absolute Gasteiger partial charge is 0.274 e. The highest BCUT2D eigenvalue weighted by molar-refractivity contribution is 5.76. The van der Waals surface area contributed by atoms with Crippen molar-refractivity contribution >= 4 is 5.57 Å². The number of allylic oxidation sites excluding steroid dienone is 1. The number of likely N-dealkylation sites (tertiary alicyclic amines) is 1. The zero-order valence-electron chi connectivity index (χ0n) is 16.8. The van der Waals surface area contributed by atoms with E-state index in [0.717, 1.165) is 32.5 Å². The van der Waals surface area contributed by atoms with Gasteiger partial charge in [0.25, 0.3) is 6.08 Å². The minimum absolute atomic E-state index is 0.0282. The third kappa shape index (κ3) is 3.85. The van der Waals surface area contributed by atoms with Crippen LogP contribution in [-0.4, -0.2) is 47.6 Å². The van der Waals surface area contributed by atoms with Crippen LogP contribution in [0.15, 0.2) is 40.5 Å². The Morgan fingerprint density at radius 1 is 1.31 bits per heavy atom. The van der Waals surface area contributed by atoms with E-state index < -0.39 is 12.2 Å². The Balaban J connectivity index is 1.50. The molecule has 4 rings (SSSR count). The molecule has 8 heteroatoms. The topological polar surface area (TPSA) is 63.5 Å². The molecular weight excluding hydrogens is 376 g/mol. The zero-order valence-corrected chi connectivity index (χ0v) is 16.8. The minimum atomic E-state index is -1.67. The molecule has 29 heavy (non-hydrogen) atoms. The Morgan fingerprint density at radius 3 is 2.86 bits per heavy atom. The average molecular weight is 403 g/mol. The molecule has 2 N–H and O–H groups in total. The normalized spacial score (nSPS) is 24.5. The quantitative estimate of drug-likeness (QED) is 0.790. The van der Waals surface area contributed by atoms with E-state index in [0.29, 0.717) is 35.0 Å². The predicted molar refractivity (Wildman–Crippen MR) is 107 cm³/mol. The zero-order chi connectivity index (χ0) is 20.5. The highest BCUT2D eigenvalue weighted by Gasteiger charge is 2.29. The second-order valence-corrected chi connectivity index (χ2v) is 7.91. The molecule has 2 heterocycles. The van der Waals surface area contributed by atoms with Crippen LogP contribution in [-0.2, 0) is 6.42 Å². The number of likely N-dealkylation sites (N-methyl/N-ethyl adjacent to an activating group) is 1. The Kier molecular flexibility index (Phi) is 5.54. The van der Waals surface area contributed by atoms with Crippen molar-refractivity contribution in [3.8, 4) is 5.75 Å². The van der Waals surface area contributed by atoms with Crippen LogP contribution in [0.3, 0.4) is 0 Å². The first-order chi connectivity index (χ1) is 14.0. The molecular formula is C21H27F2N5O. The van der Waals surface area contributed by atoms with Crippen LogP contribution < -0.4 is 5.32 Å². The van der Waals surface area contributed by atoms with Crippen LogP contribution in [0.2, 0.25) is 0 Å². The summed E-state index contributed by atoms with van der Waals surface area (Å²) in [6.45, 7) is 5.34. The molecule has 0 amide bonds. The molecule has 6 nitrogen and oxygen atoms in total. The number of rotatable bonds is 4. The van der Waals surface area contributed by atoms with Crippen molar-refractivity contribution < 1.29 is 13.9 Å². The Morgan fingerprint density at radius 2 is 2.14 bits per heavy atom. The van der Waals surface area contributed by atoms with Crippen LogP contribution in [0.1, 0.15) is 49.0 Å². The van der Waals surface area contributed by atoms with E-state index >= 15 is 0 Å². The highest BCUT2D eigenvalue weighted by Crippen LogP contribution is 2.44. The summed E-state index contributed by atoms with van der Waals surface area (Å²) in [4.78, 5) is 4.30. The van der Waals surface area contributed by atoms with Crippen LogP contribution in [0.4, 0.5) is 8.78 Å². The number of benzene rings is 1. The lowest BCUT2D eigenvalue weighted by molar-refractivity contribution is 0.202.